The molecule has 16 heteroatoms. The molecule has 0 radical (unpaired) electrons. The predicted molar refractivity (Wildman–Crippen MR) is 589 cm³/mol. The molecule has 0 saturated carbocycles. The summed E-state index contributed by atoms with van der Waals surface area (Å²) in [6, 6.07) is 198. The Morgan fingerprint density at radius 1 is 0.125 bits per heavy atom. The molecule has 18 aromatic rings. The van der Waals surface area contributed by atoms with E-state index >= 15 is 0 Å². The van der Waals surface area contributed by atoms with E-state index in [2.05, 4.69) is 588 Å². The van der Waals surface area contributed by atoms with Crippen LogP contribution in [0.5, 0.6) is 0 Å². The van der Waals surface area contributed by atoms with Gasteiger partial charge >= 0.3 is 0 Å². The lowest BCUT2D eigenvalue weighted by Gasteiger charge is -2.36. The van der Waals surface area contributed by atoms with E-state index in [0.29, 0.717) is 0 Å². The van der Waals surface area contributed by atoms with Gasteiger partial charge < -0.3 is 38.5 Å². The predicted octanol–water partition coefficient (Wildman–Crippen LogP) is 18.4. The minimum Gasteiger partial charge on any atom is -0.822 e. The molecule has 0 spiro atoms. The highest BCUT2D eigenvalue weighted by Crippen LogP contribution is 2.60. The third-order valence-electron chi connectivity index (χ3n) is 24.4. The molecule has 0 N–H and O–H groups in total. The average Bonchev–Trinajstić information content (AvgIpc) is 0.790. The number of rotatable bonds is 24. The van der Waals surface area contributed by atoms with Crippen LogP contribution in [0.4, 0.5) is 0 Å². The molecule has 18 aromatic carbocycles. The summed E-state index contributed by atoms with van der Waals surface area (Å²) < 4.78 is 17.1. The van der Waals surface area contributed by atoms with Crippen molar-refractivity contribution in [3.8, 4) is 0 Å². The highest BCUT2D eigenvalue weighted by atomic mass is 31.2. The summed E-state index contributed by atoms with van der Waals surface area (Å²) in [6.45, 7) is 13.9. The van der Waals surface area contributed by atoms with Crippen molar-refractivity contribution in [1.82, 2.24) is 0 Å². The summed E-state index contributed by atoms with van der Waals surface area (Å²) in [5, 5.41) is 26.3. The Kier molecular flexibility index (Phi) is 41.4. The molecular weight excluding hydrogens is 1820 g/mol. The van der Waals surface area contributed by atoms with Crippen LogP contribution in [0.2, 0.25) is 0 Å². The molecule has 0 saturated heterocycles. The second-order valence-electron chi connectivity index (χ2n) is 31.7. The molecular formula is C120H120O8P8. The molecule has 0 bridgehead atoms. The van der Waals surface area contributed by atoms with Crippen molar-refractivity contribution in [2.75, 3.05) is 37.0 Å². The lowest BCUT2D eigenvalue weighted by Crippen LogP contribution is -2.32. The topological polar surface area (TPSA) is 172 Å². The number of hydrogen-bond acceptors (Lipinski definition) is 8. The minimum atomic E-state index is -5.39. The molecule has 0 aromatic heterocycles. The lowest BCUT2D eigenvalue weighted by molar-refractivity contribution is -0.434. The molecule has 0 aliphatic carbocycles. The molecule has 0 aliphatic rings. The Morgan fingerprint density at radius 3 is 0.206 bits per heavy atom. The number of phosphoric acid groups is 2. The zero-order chi connectivity index (χ0) is 96.3. The highest BCUT2D eigenvalue weighted by Gasteiger charge is 2.49. The maximum Gasteiger partial charge on any atom is 0.111 e. The van der Waals surface area contributed by atoms with Gasteiger partial charge in [-0.05, 0) is 260 Å². The van der Waals surface area contributed by atoms with Crippen LogP contribution in [0.15, 0.2) is 546 Å². The Bertz CT molecular complexity index is 4840. The summed E-state index contributed by atoms with van der Waals surface area (Å²) in [7, 11) is -20.0. The Balaban J connectivity index is 0.000000153. The fourth-order valence-electron chi connectivity index (χ4n) is 18.3. The molecule has 0 amide bonds. The summed E-state index contributed by atoms with van der Waals surface area (Å²) >= 11 is 0. The zero-order valence-electron chi connectivity index (χ0n) is 78.0. The Hall–Kier alpha value is -11.2. The van der Waals surface area contributed by atoms with E-state index in [9.17, 15) is 0 Å². The van der Waals surface area contributed by atoms with E-state index in [4.69, 9.17) is 38.5 Å². The first kappa shape index (κ1) is 105. The third kappa shape index (κ3) is 27.2. The minimum absolute atomic E-state index is 1.14. The molecule has 0 aliphatic heterocycles. The highest BCUT2D eigenvalue weighted by molar-refractivity contribution is 7.98. The fraction of sp³-hybridized carbons (Fsp3) is 0.100. The first-order chi connectivity index (χ1) is 66.3. The molecule has 136 heavy (non-hydrogen) atoms. The van der Waals surface area contributed by atoms with Crippen LogP contribution in [0.25, 0.3) is 0 Å². The number of benzene rings is 18. The third-order valence-corrected chi connectivity index (χ3v) is 51.3. The van der Waals surface area contributed by atoms with Crippen LogP contribution in [0, 0.1) is 0 Å². The van der Waals surface area contributed by atoms with Crippen LogP contribution in [0.1, 0.15) is 41.5 Å². The second kappa shape index (κ2) is 53.5. The molecule has 0 fully saturated rings. The van der Waals surface area contributed by atoms with Gasteiger partial charge in [0.2, 0.25) is 0 Å². The van der Waals surface area contributed by atoms with E-state index in [1.807, 2.05) is 0 Å². The van der Waals surface area contributed by atoms with Crippen molar-refractivity contribution in [3.05, 3.63) is 546 Å². The van der Waals surface area contributed by atoms with Crippen molar-refractivity contribution >= 4 is 155 Å². The van der Waals surface area contributed by atoms with E-state index in [0.717, 1.165) is 37.0 Å². The first-order valence-electron chi connectivity index (χ1n) is 46.0. The lowest BCUT2D eigenvalue weighted by atomic mass is 10.4. The van der Waals surface area contributed by atoms with E-state index in [1.165, 1.54) is 95.5 Å². The monoisotopic (exact) mass is 1940 g/mol. The van der Waals surface area contributed by atoms with Gasteiger partial charge in [0.1, 0.15) is 139 Å². The van der Waals surface area contributed by atoms with Crippen LogP contribution in [-0.4, -0.2) is 37.0 Å². The van der Waals surface area contributed by atoms with Crippen LogP contribution in [0.3, 0.4) is 0 Å². The standard InChI is InChI=1S/6C20H20P.2H3O4P/c6*1-2-21(18-12-6-3-7-13-18,19-14-8-4-9-15-19)20-16-10-5-11-17-20;2*1-5(2,3)4/h6*3-17H,2H2,1H3;2*(H3,1,2,3,4)/q6*+1;;/p-6. The molecule has 0 unspecified atom stereocenters. The Labute approximate surface area is 811 Å². The van der Waals surface area contributed by atoms with Crippen molar-refractivity contribution in [2.24, 2.45) is 0 Å². The van der Waals surface area contributed by atoms with E-state index in [-0.39, 0.29) is 0 Å². The maximum absolute atomic E-state index is 8.55. The van der Waals surface area contributed by atoms with Gasteiger partial charge in [-0.3, -0.25) is 0 Å². The van der Waals surface area contributed by atoms with Gasteiger partial charge in [-0.25, -0.2) is 0 Å². The first-order valence-corrected chi connectivity index (χ1v) is 60.8. The van der Waals surface area contributed by atoms with Gasteiger partial charge in [0.05, 0.1) is 37.0 Å². The van der Waals surface area contributed by atoms with Gasteiger partial charge in [0, 0.05) is 0 Å². The quantitative estimate of drug-likeness (QED) is 0.0538. The van der Waals surface area contributed by atoms with Crippen molar-refractivity contribution in [2.45, 2.75) is 41.5 Å². The van der Waals surface area contributed by atoms with Crippen LogP contribution in [-0.2, 0) is 9.13 Å². The summed E-state index contributed by atoms with van der Waals surface area (Å²) in [6.07, 6.45) is 6.86. The SMILES string of the molecule is CC[P+](c1ccccc1)(c1ccccc1)c1ccccc1.CC[P+](c1ccccc1)(c1ccccc1)c1ccccc1.CC[P+](c1ccccc1)(c1ccccc1)c1ccccc1.CC[P+](c1ccccc1)(c1ccccc1)c1ccccc1.CC[P+](c1ccccc1)(c1ccccc1)c1ccccc1.CC[P+](c1ccccc1)(c1ccccc1)c1ccccc1.O=P([O-])([O-])[O-].O=P([O-])([O-])[O-]. The molecule has 688 valence electrons. The average molecular weight is 1940 g/mol. The van der Waals surface area contributed by atoms with Crippen molar-refractivity contribution in [3.63, 3.8) is 0 Å². The van der Waals surface area contributed by atoms with Gasteiger partial charge in [0.25, 0.3) is 0 Å². The van der Waals surface area contributed by atoms with Gasteiger partial charge in [0.15, 0.2) is 0 Å². The summed E-state index contributed by atoms with van der Waals surface area (Å²) in [5.74, 6) is 0. The summed E-state index contributed by atoms with van der Waals surface area (Å²) in [4.78, 5) is 51.3. The fourth-order valence-corrected chi connectivity index (χ4v) is 42.5. The van der Waals surface area contributed by atoms with E-state index < -0.39 is 59.2 Å². The molecule has 0 atom stereocenters. The second-order valence-corrected chi connectivity index (χ2v) is 56.3. The van der Waals surface area contributed by atoms with Gasteiger partial charge in [-0.2, -0.15) is 15.6 Å². The van der Waals surface area contributed by atoms with Crippen molar-refractivity contribution in [1.29, 1.82) is 0 Å². The van der Waals surface area contributed by atoms with Crippen LogP contribution < -0.4 is 125 Å². The smallest absolute Gasteiger partial charge is 0.111 e. The zero-order valence-corrected chi connectivity index (χ0v) is 85.2. The van der Waals surface area contributed by atoms with Gasteiger partial charge in [-0.1, -0.05) is 328 Å². The summed E-state index contributed by atoms with van der Waals surface area (Å²) in [5.41, 5.74) is 0. The largest absolute Gasteiger partial charge is 0.822 e. The normalized spacial score (nSPS) is 11.3. The maximum atomic E-state index is 8.55. The molecule has 0 heterocycles. The van der Waals surface area contributed by atoms with E-state index in [1.54, 1.807) is 0 Å². The Morgan fingerprint density at radius 2 is 0.169 bits per heavy atom. The number of hydrogen-bond donors (Lipinski definition) is 0. The van der Waals surface area contributed by atoms with Crippen LogP contribution >= 0.6 is 59.2 Å². The van der Waals surface area contributed by atoms with Gasteiger partial charge in [-0.15, -0.1) is 0 Å². The molecule has 18 rings (SSSR count). The molecule has 8 nitrogen and oxygen atoms in total. The van der Waals surface area contributed by atoms with Crippen molar-refractivity contribution < 1.29 is 38.5 Å².